The molecule has 80 valence electrons. The highest BCUT2D eigenvalue weighted by atomic mass is 35.5. The average molecular weight is 225 g/mol. The number of benzene rings is 1. The molecule has 1 aromatic carbocycles. The van der Waals surface area contributed by atoms with Gasteiger partial charge in [-0.25, -0.2) is 0 Å². The van der Waals surface area contributed by atoms with Gasteiger partial charge < -0.3 is 9.53 Å². The minimum atomic E-state index is -0.624. The van der Waals surface area contributed by atoms with Crippen molar-refractivity contribution in [1.82, 2.24) is 0 Å². The van der Waals surface area contributed by atoms with Crippen LogP contribution in [0.2, 0.25) is 5.02 Å². The molecule has 0 N–H and O–H groups in total. The van der Waals surface area contributed by atoms with Crippen LogP contribution in [0.1, 0.15) is 17.5 Å². The smallest absolute Gasteiger partial charge is 0.152 e. The van der Waals surface area contributed by atoms with Crippen LogP contribution in [0.5, 0.6) is 0 Å². The number of halogens is 1. The summed E-state index contributed by atoms with van der Waals surface area (Å²) in [5.41, 5.74) is 1.78. The first-order chi connectivity index (χ1) is 7.19. The van der Waals surface area contributed by atoms with Crippen LogP contribution in [0.4, 0.5) is 0 Å². The number of aryl methyl sites for hydroxylation is 1. The number of hydrogen-bond donors (Lipinski definition) is 0. The molecule has 15 heavy (non-hydrogen) atoms. The molecule has 1 atom stereocenters. The highest BCUT2D eigenvalue weighted by Crippen LogP contribution is 2.31. The topological polar surface area (TPSA) is 26.3 Å². The zero-order valence-electron chi connectivity index (χ0n) is 8.63. The number of ether oxygens (including phenoxy) is 1. The second-order valence-electron chi connectivity index (χ2n) is 3.98. The molecule has 2 nitrogen and oxygen atoms in total. The molecular weight excluding hydrogens is 212 g/mol. The Bertz CT molecular complexity index is 389. The van der Waals surface area contributed by atoms with Gasteiger partial charge in [0.1, 0.15) is 5.60 Å². The van der Waals surface area contributed by atoms with Crippen LogP contribution in [-0.4, -0.2) is 19.0 Å². The highest BCUT2D eigenvalue weighted by molar-refractivity contribution is 6.30. The molecular formula is C12H13ClO2. The standard InChI is InChI=1S/C12H13ClO2/c1-15-12(8-14)5-4-9-6-11(13)3-2-10(9)7-12/h2-3,6,8H,4-5,7H2,1H3. The summed E-state index contributed by atoms with van der Waals surface area (Å²) in [5, 5.41) is 0.754. The predicted molar refractivity (Wildman–Crippen MR) is 59.3 cm³/mol. The molecule has 1 aromatic rings. The molecule has 3 heteroatoms. The van der Waals surface area contributed by atoms with Crippen LogP contribution in [0, 0.1) is 0 Å². The molecule has 0 saturated carbocycles. The Labute approximate surface area is 94.2 Å². The van der Waals surface area contributed by atoms with Crippen LogP contribution in [0.25, 0.3) is 0 Å². The minimum Gasteiger partial charge on any atom is -0.370 e. The number of hydrogen-bond acceptors (Lipinski definition) is 2. The maximum Gasteiger partial charge on any atom is 0.152 e. The summed E-state index contributed by atoms with van der Waals surface area (Å²) in [7, 11) is 1.59. The molecule has 0 spiro atoms. The van der Waals surface area contributed by atoms with Gasteiger partial charge in [-0.15, -0.1) is 0 Å². The lowest BCUT2D eigenvalue weighted by Gasteiger charge is -2.32. The number of aldehydes is 1. The lowest BCUT2D eigenvalue weighted by molar-refractivity contribution is -0.128. The zero-order chi connectivity index (χ0) is 10.9. The van der Waals surface area contributed by atoms with Crippen molar-refractivity contribution in [3.63, 3.8) is 0 Å². The van der Waals surface area contributed by atoms with Crippen LogP contribution >= 0.6 is 11.6 Å². The fourth-order valence-electron chi connectivity index (χ4n) is 2.08. The molecule has 0 aromatic heterocycles. The second-order valence-corrected chi connectivity index (χ2v) is 4.41. The predicted octanol–water partition coefficient (Wildman–Crippen LogP) is 2.41. The van der Waals surface area contributed by atoms with E-state index < -0.39 is 5.60 Å². The molecule has 0 aliphatic heterocycles. The second kappa shape index (κ2) is 3.95. The van der Waals surface area contributed by atoms with Crippen LogP contribution in [0.15, 0.2) is 18.2 Å². The molecule has 0 radical (unpaired) electrons. The number of methoxy groups -OCH3 is 1. The Morgan fingerprint density at radius 1 is 1.47 bits per heavy atom. The molecule has 0 heterocycles. The first kappa shape index (κ1) is 10.7. The van der Waals surface area contributed by atoms with E-state index in [0.717, 1.165) is 24.2 Å². The molecule has 1 aliphatic rings. The molecule has 1 aliphatic carbocycles. The number of rotatable bonds is 2. The summed E-state index contributed by atoms with van der Waals surface area (Å²) in [4.78, 5) is 11.0. The summed E-state index contributed by atoms with van der Waals surface area (Å²) >= 11 is 5.91. The number of carbonyl (C=O) groups is 1. The highest BCUT2D eigenvalue weighted by Gasteiger charge is 2.33. The quantitative estimate of drug-likeness (QED) is 0.722. The van der Waals surface area contributed by atoms with Gasteiger partial charge in [-0.3, -0.25) is 0 Å². The Balaban J connectivity index is 2.34. The van der Waals surface area contributed by atoms with Crippen molar-refractivity contribution in [3.05, 3.63) is 34.3 Å². The van der Waals surface area contributed by atoms with Crippen molar-refractivity contribution in [2.24, 2.45) is 0 Å². The van der Waals surface area contributed by atoms with Crippen molar-refractivity contribution in [2.45, 2.75) is 24.9 Å². The van der Waals surface area contributed by atoms with E-state index in [1.165, 1.54) is 11.1 Å². The first-order valence-electron chi connectivity index (χ1n) is 4.98. The summed E-state index contributed by atoms with van der Waals surface area (Å²) in [6, 6.07) is 5.81. The van der Waals surface area contributed by atoms with E-state index in [4.69, 9.17) is 16.3 Å². The summed E-state index contributed by atoms with van der Waals surface area (Å²) < 4.78 is 5.31. The molecule has 0 bridgehead atoms. The fraction of sp³-hybridized carbons (Fsp3) is 0.417. The maximum absolute atomic E-state index is 11.0. The van der Waals surface area contributed by atoms with Gasteiger partial charge in [-0.05, 0) is 36.1 Å². The van der Waals surface area contributed by atoms with Crippen molar-refractivity contribution in [3.8, 4) is 0 Å². The molecule has 2 rings (SSSR count). The van der Waals surface area contributed by atoms with E-state index in [2.05, 4.69) is 0 Å². The van der Waals surface area contributed by atoms with Crippen molar-refractivity contribution >= 4 is 17.9 Å². The summed E-state index contributed by atoms with van der Waals surface area (Å²) in [6.45, 7) is 0. The van der Waals surface area contributed by atoms with Gasteiger partial charge in [-0.2, -0.15) is 0 Å². The Morgan fingerprint density at radius 2 is 2.27 bits per heavy atom. The van der Waals surface area contributed by atoms with Crippen LogP contribution in [0.3, 0.4) is 0 Å². The fourth-order valence-corrected chi connectivity index (χ4v) is 2.27. The Hall–Kier alpha value is -0.860. The third-order valence-corrected chi connectivity index (χ3v) is 3.33. The third-order valence-electron chi connectivity index (χ3n) is 3.10. The van der Waals surface area contributed by atoms with E-state index in [9.17, 15) is 4.79 Å². The largest absolute Gasteiger partial charge is 0.370 e. The molecule has 0 amide bonds. The summed E-state index contributed by atoms with van der Waals surface area (Å²) in [5.74, 6) is 0. The van der Waals surface area contributed by atoms with E-state index in [-0.39, 0.29) is 0 Å². The van der Waals surface area contributed by atoms with Gasteiger partial charge in [0, 0.05) is 18.6 Å². The van der Waals surface area contributed by atoms with Gasteiger partial charge in [0.05, 0.1) is 0 Å². The van der Waals surface area contributed by atoms with Crippen LogP contribution in [-0.2, 0) is 22.4 Å². The maximum atomic E-state index is 11.0. The van der Waals surface area contributed by atoms with Gasteiger partial charge >= 0.3 is 0 Å². The molecule has 1 unspecified atom stereocenters. The zero-order valence-corrected chi connectivity index (χ0v) is 9.38. The van der Waals surface area contributed by atoms with Gasteiger partial charge in [0.25, 0.3) is 0 Å². The van der Waals surface area contributed by atoms with Gasteiger partial charge in [-0.1, -0.05) is 17.7 Å². The normalized spacial score (nSPS) is 24.7. The lowest BCUT2D eigenvalue weighted by Crippen LogP contribution is -2.39. The molecule has 0 saturated heterocycles. The Kier molecular flexibility index (Phi) is 2.81. The average Bonchev–Trinajstić information content (AvgIpc) is 2.28. The van der Waals surface area contributed by atoms with Crippen molar-refractivity contribution < 1.29 is 9.53 Å². The van der Waals surface area contributed by atoms with Gasteiger partial charge in [0.2, 0.25) is 0 Å². The monoisotopic (exact) mass is 224 g/mol. The van der Waals surface area contributed by atoms with E-state index in [1.54, 1.807) is 7.11 Å². The van der Waals surface area contributed by atoms with E-state index in [1.807, 2.05) is 18.2 Å². The van der Waals surface area contributed by atoms with Crippen molar-refractivity contribution in [1.29, 1.82) is 0 Å². The number of carbonyl (C=O) groups excluding carboxylic acids is 1. The third kappa shape index (κ3) is 1.92. The van der Waals surface area contributed by atoms with Crippen molar-refractivity contribution in [2.75, 3.05) is 7.11 Å². The lowest BCUT2D eigenvalue weighted by atomic mass is 9.81. The summed E-state index contributed by atoms with van der Waals surface area (Å²) in [6.07, 6.45) is 3.16. The number of fused-ring (bicyclic) bond motifs is 1. The van der Waals surface area contributed by atoms with E-state index >= 15 is 0 Å². The molecule has 0 fully saturated rings. The van der Waals surface area contributed by atoms with Gasteiger partial charge in [0.15, 0.2) is 6.29 Å². The van der Waals surface area contributed by atoms with E-state index in [0.29, 0.717) is 6.42 Å². The SMILES string of the molecule is COC1(C=O)CCc2cc(Cl)ccc2C1. The van der Waals surface area contributed by atoms with Crippen LogP contribution < -0.4 is 0 Å². The minimum absolute atomic E-state index is 0.624. The first-order valence-corrected chi connectivity index (χ1v) is 5.36. The Morgan fingerprint density at radius 3 is 2.93 bits per heavy atom.